The highest BCUT2D eigenvalue weighted by atomic mass is 19.1. The lowest BCUT2D eigenvalue weighted by Crippen LogP contribution is -2.03. The van der Waals surface area contributed by atoms with Crippen molar-refractivity contribution in [3.63, 3.8) is 0 Å². The minimum absolute atomic E-state index is 0.208. The van der Waals surface area contributed by atoms with Gasteiger partial charge in [-0.05, 0) is 35.9 Å². The Morgan fingerprint density at radius 2 is 2.09 bits per heavy atom. The van der Waals surface area contributed by atoms with Gasteiger partial charge in [0.05, 0.1) is 5.69 Å². The van der Waals surface area contributed by atoms with Gasteiger partial charge in [-0.1, -0.05) is 24.8 Å². The first-order valence-electron chi connectivity index (χ1n) is 6.84. The standard InChI is InChI=1S/C18H14FNO2/c1-2-8-22-14-6-7-15-16(18(21)20-17(15)11-14)10-12-4-3-5-13(19)9-12/h2-7,9-11H,1,8H2,(H,20,21)/b16-10+. The number of nitrogens with one attached hydrogen (secondary N) is 1. The Kier molecular flexibility index (Phi) is 3.74. The van der Waals surface area contributed by atoms with Gasteiger partial charge in [-0.15, -0.1) is 0 Å². The summed E-state index contributed by atoms with van der Waals surface area (Å²) < 4.78 is 18.7. The molecule has 22 heavy (non-hydrogen) atoms. The van der Waals surface area contributed by atoms with Crippen molar-refractivity contribution >= 4 is 23.2 Å². The molecule has 1 aliphatic heterocycles. The molecule has 0 radical (unpaired) electrons. The first-order chi connectivity index (χ1) is 10.7. The van der Waals surface area contributed by atoms with Crippen molar-refractivity contribution in [3.8, 4) is 5.75 Å². The van der Waals surface area contributed by atoms with Crippen molar-refractivity contribution in [3.05, 3.63) is 72.1 Å². The van der Waals surface area contributed by atoms with E-state index in [1.165, 1.54) is 12.1 Å². The van der Waals surface area contributed by atoms with Crippen LogP contribution in [0.2, 0.25) is 0 Å². The molecular weight excluding hydrogens is 281 g/mol. The van der Waals surface area contributed by atoms with Crippen LogP contribution >= 0.6 is 0 Å². The Labute approximate surface area is 127 Å². The van der Waals surface area contributed by atoms with E-state index < -0.39 is 0 Å². The molecule has 0 fully saturated rings. The summed E-state index contributed by atoms with van der Waals surface area (Å²) in [6.07, 6.45) is 3.33. The Morgan fingerprint density at radius 3 is 2.86 bits per heavy atom. The molecule has 2 aromatic rings. The van der Waals surface area contributed by atoms with Gasteiger partial charge in [0.15, 0.2) is 0 Å². The summed E-state index contributed by atoms with van der Waals surface area (Å²) in [6.45, 7) is 3.99. The normalized spacial score (nSPS) is 14.6. The van der Waals surface area contributed by atoms with E-state index >= 15 is 0 Å². The minimum Gasteiger partial charge on any atom is -0.489 e. The van der Waals surface area contributed by atoms with Crippen LogP contribution in [0.15, 0.2) is 55.1 Å². The van der Waals surface area contributed by atoms with E-state index in [9.17, 15) is 9.18 Å². The van der Waals surface area contributed by atoms with Crippen LogP contribution in [0.5, 0.6) is 5.75 Å². The van der Waals surface area contributed by atoms with Gasteiger partial charge in [-0.2, -0.15) is 0 Å². The fraction of sp³-hybridized carbons (Fsp3) is 0.0556. The molecule has 0 atom stereocenters. The third kappa shape index (κ3) is 2.76. The number of carbonyl (C=O) groups is 1. The smallest absolute Gasteiger partial charge is 0.256 e. The number of carbonyl (C=O) groups excluding carboxylic acids is 1. The summed E-state index contributed by atoms with van der Waals surface area (Å²) in [6, 6.07) is 11.5. The molecule has 110 valence electrons. The molecule has 4 heteroatoms. The predicted molar refractivity (Wildman–Crippen MR) is 85.0 cm³/mol. The maximum absolute atomic E-state index is 13.3. The molecule has 2 aromatic carbocycles. The number of amides is 1. The van der Waals surface area contributed by atoms with Crippen LogP contribution in [-0.2, 0) is 4.79 Å². The number of rotatable bonds is 4. The van der Waals surface area contributed by atoms with Gasteiger partial charge in [-0.25, -0.2) is 4.39 Å². The maximum atomic E-state index is 13.3. The van der Waals surface area contributed by atoms with Crippen molar-refractivity contribution < 1.29 is 13.9 Å². The Morgan fingerprint density at radius 1 is 1.23 bits per heavy atom. The number of benzene rings is 2. The predicted octanol–water partition coefficient (Wildman–Crippen LogP) is 3.88. The summed E-state index contributed by atoms with van der Waals surface area (Å²) in [5.41, 5.74) is 2.62. The van der Waals surface area contributed by atoms with Crippen LogP contribution in [0.25, 0.3) is 11.6 Å². The molecule has 0 saturated heterocycles. The van der Waals surface area contributed by atoms with E-state index in [4.69, 9.17) is 4.74 Å². The fourth-order valence-corrected chi connectivity index (χ4v) is 2.32. The van der Waals surface area contributed by atoms with Gasteiger partial charge in [0, 0.05) is 17.2 Å². The molecule has 0 spiro atoms. The Bertz CT molecular complexity index is 780. The topological polar surface area (TPSA) is 38.3 Å². The Hall–Kier alpha value is -2.88. The highest BCUT2D eigenvalue weighted by Crippen LogP contribution is 2.35. The van der Waals surface area contributed by atoms with Crippen molar-refractivity contribution in [2.45, 2.75) is 0 Å². The van der Waals surface area contributed by atoms with E-state index in [2.05, 4.69) is 11.9 Å². The van der Waals surface area contributed by atoms with Crippen molar-refractivity contribution in [2.75, 3.05) is 11.9 Å². The largest absolute Gasteiger partial charge is 0.489 e. The zero-order valence-corrected chi connectivity index (χ0v) is 11.8. The lowest BCUT2D eigenvalue weighted by molar-refractivity contribution is -0.110. The minimum atomic E-state index is -0.332. The summed E-state index contributed by atoms with van der Waals surface area (Å²) in [5, 5.41) is 2.79. The number of anilines is 1. The van der Waals surface area contributed by atoms with Crippen LogP contribution in [0.1, 0.15) is 11.1 Å². The number of halogens is 1. The maximum Gasteiger partial charge on any atom is 0.256 e. The van der Waals surface area contributed by atoms with E-state index in [0.717, 1.165) is 5.56 Å². The molecule has 0 aliphatic carbocycles. The second kappa shape index (κ2) is 5.85. The first-order valence-corrected chi connectivity index (χ1v) is 6.84. The molecule has 1 aliphatic rings. The molecule has 0 unspecified atom stereocenters. The van der Waals surface area contributed by atoms with Gasteiger partial charge < -0.3 is 10.1 Å². The average molecular weight is 295 g/mol. The zero-order chi connectivity index (χ0) is 15.5. The van der Waals surface area contributed by atoms with Crippen molar-refractivity contribution in [2.24, 2.45) is 0 Å². The second-order valence-electron chi connectivity index (χ2n) is 4.87. The van der Waals surface area contributed by atoms with Crippen LogP contribution in [0.3, 0.4) is 0 Å². The lowest BCUT2D eigenvalue weighted by atomic mass is 10.0. The van der Waals surface area contributed by atoms with Gasteiger partial charge in [0.1, 0.15) is 18.2 Å². The van der Waals surface area contributed by atoms with Crippen LogP contribution in [-0.4, -0.2) is 12.5 Å². The zero-order valence-electron chi connectivity index (χ0n) is 11.8. The number of ether oxygens (including phenoxy) is 1. The van der Waals surface area contributed by atoms with Gasteiger partial charge >= 0.3 is 0 Å². The number of hydrogen-bond acceptors (Lipinski definition) is 2. The third-order valence-electron chi connectivity index (χ3n) is 3.30. The van der Waals surface area contributed by atoms with E-state index in [1.807, 2.05) is 6.07 Å². The molecule has 0 aromatic heterocycles. The molecule has 3 rings (SSSR count). The van der Waals surface area contributed by atoms with Crippen LogP contribution in [0, 0.1) is 5.82 Å². The van der Waals surface area contributed by atoms with Gasteiger partial charge in [0.25, 0.3) is 5.91 Å². The average Bonchev–Trinajstić information content (AvgIpc) is 2.80. The highest BCUT2D eigenvalue weighted by Gasteiger charge is 2.24. The second-order valence-corrected chi connectivity index (χ2v) is 4.87. The van der Waals surface area contributed by atoms with E-state index in [-0.39, 0.29) is 11.7 Å². The van der Waals surface area contributed by atoms with Crippen molar-refractivity contribution in [1.82, 2.24) is 0 Å². The van der Waals surface area contributed by atoms with Crippen LogP contribution in [0.4, 0.5) is 10.1 Å². The molecular formula is C18H14FNO2. The molecule has 1 N–H and O–H groups in total. The third-order valence-corrected chi connectivity index (χ3v) is 3.30. The molecule has 3 nitrogen and oxygen atoms in total. The number of fused-ring (bicyclic) bond motifs is 1. The molecule has 1 amide bonds. The Balaban J connectivity index is 1.96. The molecule has 0 saturated carbocycles. The lowest BCUT2D eigenvalue weighted by Gasteiger charge is -2.05. The van der Waals surface area contributed by atoms with Gasteiger partial charge in [-0.3, -0.25) is 4.79 Å². The molecule has 1 heterocycles. The van der Waals surface area contributed by atoms with Gasteiger partial charge in [0.2, 0.25) is 0 Å². The SMILES string of the molecule is C=CCOc1ccc2c(c1)NC(=O)/C2=C/c1cccc(F)c1. The first kappa shape index (κ1) is 14.1. The monoisotopic (exact) mass is 295 g/mol. The van der Waals surface area contributed by atoms with E-state index in [1.54, 1.807) is 36.4 Å². The quantitative estimate of drug-likeness (QED) is 0.686. The highest BCUT2D eigenvalue weighted by molar-refractivity contribution is 6.35. The summed E-state index contributed by atoms with van der Waals surface area (Å²) in [4.78, 5) is 12.1. The molecule has 0 bridgehead atoms. The summed E-state index contributed by atoms with van der Waals surface area (Å²) >= 11 is 0. The summed E-state index contributed by atoms with van der Waals surface area (Å²) in [5.74, 6) is 0.118. The van der Waals surface area contributed by atoms with E-state index in [0.29, 0.717) is 29.2 Å². The van der Waals surface area contributed by atoms with Crippen LogP contribution < -0.4 is 10.1 Å². The fourth-order valence-electron chi connectivity index (χ4n) is 2.32. The number of hydrogen-bond donors (Lipinski definition) is 1. The van der Waals surface area contributed by atoms with Crippen molar-refractivity contribution in [1.29, 1.82) is 0 Å². The summed E-state index contributed by atoms with van der Waals surface area (Å²) in [7, 11) is 0.